The van der Waals surface area contributed by atoms with Crippen molar-refractivity contribution in [2.24, 2.45) is 16.7 Å². The number of aliphatic hydroxyl groups excluding tert-OH is 6. The SMILES string of the molecule is CO[C@H]1[C@@H](O)[C@H](O[C@@H]2[C@@H](C)O[C@@H](O[C@H]3[C@@H](OC)C[C@H](O[C@H]4[C@@H](OC)C[C@H](O[C@H]5CC[C@@]6(C)C(=CC[C@]7(O)[C@@H]6C[C@@H](OC(=O)/C=C\c6ccccc6)[C@@]6(C)[C@]7(O)CC[C@@]6(O)[C@H](C)O)C5)O[C@@H]4C)O[C@@H]3C)C[C@H]2OC)O[C@H](C)[C@H]1O[C@@H]1O[C@H](CO)[C@@H](O)[C@H](O)[C@H]1O. The first-order valence-electron chi connectivity index (χ1n) is 31.7. The van der Waals surface area contributed by atoms with Gasteiger partial charge in [-0.25, -0.2) is 4.79 Å². The molecule has 0 radical (unpaired) electrons. The van der Waals surface area contributed by atoms with Gasteiger partial charge >= 0.3 is 5.97 Å². The standard InChI is InChI=1S/C64H98O25/c1-31-53(86-47-27-40(76-9)54(32(2)80-47)87-48-28-41(77-10)55(33(3)81-48)88-59-52(71)57(78-11)56(34(4)82-59)89-58-51(70)50(69)49(68)42(30-65)84-58)39(75-8)26-46(79-31)83-38-20-21-60(6)37(25-38)19-22-63(73)43(60)29-44(85-45(67)18-17-36-15-13-12-14-16-36)61(7)62(72,35(5)66)23-24-64(61,63)74/h12-19,31-35,38-44,46-59,65-66,68-74H,20-30H2,1-11H3/b18-17-/t31-,32-,33-,34-,35+,38+,39+,40+,41-,42-,43-,44-,46+,47+,48+,49-,50+,51-,52-,53-,54-,55-,56-,57+,58+,59+,60+,61-,62-,63+,64-/m1/s1. The van der Waals surface area contributed by atoms with Crippen LogP contribution in [0.2, 0.25) is 0 Å². The second-order valence-corrected chi connectivity index (χ2v) is 26.7. The van der Waals surface area contributed by atoms with E-state index in [0.29, 0.717) is 32.1 Å². The highest BCUT2D eigenvalue weighted by Gasteiger charge is 2.81. The van der Waals surface area contributed by atoms with Gasteiger partial charge in [0, 0.05) is 59.7 Å². The number of rotatable bonds is 19. The fourth-order valence-electron chi connectivity index (χ4n) is 16.7. The van der Waals surface area contributed by atoms with Gasteiger partial charge in [-0.1, -0.05) is 55.8 Å². The van der Waals surface area contributed by atoms with E-state index in [1.165, 1.54) is 27.2 Å². The molecule has 9 aliphatic rings. The first-order chi connectivity index (χ1) is 42.2. The lowest BCUT2D eigenvalue weighted by Crippen LogP contribution is -2.78. The van der Waals surface area contributed by atoms with Gasteiger partial charge in [0.25, 0.3) is 0 Å². The molecule has 0 spiro atoms. The van der Waals surface area contributed by atoms with Gasteiger partial charge in [-0.2, -0.15) is 0 Å². The minimum atomic E-state index is -1.93. The van der Waals surface area contributed by atoms with E-state index >= 15 is 0 Å². The molecule has 5 aliphatic heterocycles. The van der Waals surface area contributed by atoms with Gasteiger partial charge in [0.1, 0.15) is 83.9 Å². The summed E-state index contributed by atoms with van der Waals surface area (Å²) in [6, 6.07) is 9.30. The molecular formula is C64H98O25. The normalized spacial score (nSPS) is 49.7. The van der Waals surface area contributed by atoms with Crippen LogP contribution in [0.25, 0.3) is 6.08 Å². The van der Waals surface area contributed by atoms with Crippen LogP contribution in [0.15, 0.2) is 48.1 Å². The molecule has 0 unspecified atom stereocenters. The van der Waals surface area contributed by atoms with Crippen molar-refractivity contribution < 1.29 is 122 Å². The maximum absolute atomic E-state index is 13.7. The van der Waals surface area contributed by atoms with Crippen molar-refractivity contribution in [2.75, 3.05) is 35.0 Å². The summed E-state index contributed by atoms with van der Waals surface area (Å²) in [5, 5.41) is 102. The molecular weight excluding hydrogens is 1170 g/mol. The van der Waals surface area contributed by atoms with Crippen LogP contribution >= 0.6 is 0 Å². The van der Waals surface area contributed by atoms with Crippen LogP contribution in [0.3, 0.4) is 0 Å². The van der Waals surface area contributed by atoms with Crippen LogP contribution in [0, 0.1) is 16.7 Å². The molecule has 0 amide bonds. The van der Waals surface area contributed by atoms with E-state index in [4.69, 9.17) is 71.1 Å². The quantitative estimate of drug-likeness (QED) is 0.0542. The summed E-state index contributed by atoms with van der Waals surface area (Å²) >= 11 is 0. The third-order valence-electron chi connectivity index (χ3n) is 22.0. The molecule has 25 nitrogen and oxygen atoms in total. The van der Waals surface area contributed by atoms with E-state index in [1.54, 1.807) is 41.1 Å². The van der Waals surface area contributed by atoms with Crippen molar-refractivity contribution in [3.63, 3.8) is 0 Å². The molecule has 0 aromatic heterocycles. The van der Waals surface area contributed by atoms with Crippen LogP contribution < -0.4 is 0 Å². The number of carbonyl (C=O) groups excluding carboxylic acids is 1. The Kier molecular flexibility index (Phi) is 21.4. The van der Waals surface area contributed by atoms with Crippen LogP contribution in [0.5, 0.6) is 0 Å². The second kappa shape index (κ2) is 27.5. The monoisotopic (exact) mass is 1270 g/mol. The first kappa shape index (κ1) is 69.1. The zero-order valence-electron chi connectivity index (χ0n) is 53.0. The molecule has 4 aliphatic carbocycles. The van der Waals surface area contributed by atoms with Crippen molar-refractivity contribution in [3.8, 4) is 0 Å². The summed E-state index contributed by atoms with van der Waals surface area (Å²) in [5.74, 6) is -1.24. The summed E-state index contributed by atoms with van der Waals surface area (Å²) in [6.07, 6.45) is -15.5. The maximum atomic E-state index is 13.7. The minimum Gasteiger partial charge on any atom is -0.458 e. The Labute approximate surface area is 520 Å². The largest absolute Gasteiger partial charge is 0.458 e. The van der Waals surface area contributed by atoms with Crippen LogP contribution in [0.1, 0.15) is 118 Å². The summed E-state index contributed by atoms with van der Waals surface area (Å²) in [7, 11) is 6.11. The molecule has 504 valence electrons. The molecule has 1 aromatic rings. The highest BCUT2D eigenvalue weighted by Crippen LogP contribution is 2.71. The first-order valence-corrected chi connectivity index (χ1v) is 31.7. The van der Waals surface area contributed by atoms with Gasteiger partial charge in [-0.05, 0) is 96.6 Å². The number of hydrogen-bond donors (Lipinski definition) is 9. The topological polar surface area (TPSA) is 338 Å². The predicted octanol–water partition coefficient (Wildman–Crippen LogP) is 1.82. The molecule has 89 heavy (non-hydrogen) atoms. The Balaban J connectivity index is 0.727. The number of esters is 1. The van der Waals surface area contributed by atoms with Gasteiger partial charge in [-0.3, -0.25) is 0 Å². The van der Waals surface area contributed by atoms with Gasteiger partial charge in [0.2, 0.25) is 0 Å². The molecule has 10 rings (SSSR count). The van der Waals surface area contributed by atoms with E-state index in [1.807, 2.05) is 50.3 Å². The minimum absolute atomic E-state index is 0.00525. The summed E-state index contributed by atoms with van der Waals surface area (Å²) in [4.78, 5) is 13.7. The van der Waals surface area contributed by atoms with Crippen LogP contribution in [-0.4, -0.2) is 257 Å². The van der Waals surface area contributed by atoms with Crippen molar-refractivity contribution in [2.45, 2.75) is 283 Å². The summed E-state index contributed by atoms with van der Waals surface area (Å²) in [6.45, 7) is 11.8. The number of fused-ring (bicyclic) bond motifs is 5. The number of aliphatic hydroxyl groups is 9. The van der Waals surface area contributed by atoms with Gasteiger partial charge in [0.05, 0.1) is 67.0 Å². The van der Waals surface area contributed by atoms with E-state index in [2.05, 4.69) is 6.92 Å². The Hall–Kier alpha value is -2.75. The highest BCUT2D eigenvalue weighted by molar-refractivity contribution is 5.87. The Morgan fingerprint density at radius 2 is 1.18 bits per heavy atom. The Morgan fingerprint density at radius 3 is 1.73 bits per heavy atom. The molecule has 5 heterocycles. The fraction of sp³-hybridized carbons (Fsp3) is 0.828. The van der Waals surface area contributed by atoms with E-state index < -0.39 is 194 Å². The van der Waals surface area contributed by atoms with Gasteiger partial charge < -0.3 is 117 Å². The predicted molar refractivity (Wildman–Crippen MR) is 311 cm³/mol. The Bertz CT molecular complexity index is 2580. The van der Waals surface area contributed by atoms with Gasteiger partial charge in [-0.15, -0.1) is 0 Å². The Morgan fingerprint density at radius 1 is 0.640 bits per heavy atom. The molecule has 1 aromatic carbocycles. The van der Waals surface area contributed by atoms with E-state index in [-0.39, 0.29) is 38.2 Å². The number of carbonyl (C=O) groups is 1. The third kappa shape index (κ3) is 12.6. The summed E-state index contributed by atoms with van der Waals surface area (Å²) < 4.78 is 93.7. The molecule has 3 saturated carbocycles. The van der Waals surface area contributed by atoms with Crippen molar-refractivity contribution >= 4 is 12.0 Å². The number of benzene rings is 1. The lowest BCUT2D eigenvalue weighted by molar-refractivity contribution is -0.374. The van der Waals surface area contributed by atoms with Crippen molar-refractivity contribution in [3.05, 3.63) is 53.6 Å². The average molecular weight is 1270 g/mol. The van der Waals surface area contributed by atoms with Gasteiger partial charge in [0.15, 0.2) is 31.5 Å². The third-order valence-corrected chi connectivity index (χ3v) is 22.0. The number of ether oxygens (including phenoxy) is 15. The zero-order valence-corrected chi connectivity index (χ0v) is 53.0. The molecule has 25 heteroatoms. The van der Waals surface area contributed by atoms with E-state index in [0.717, 1.165) is 11.1 Å². The summed E-state index contributed by atoms with van der Waals surface area (Å²) in [5.41, 5.74) is -5.96. The molecule has 31 atom stereocenters. The zero-order chi connectivity index (χ0) is 64.3. The molecule has 0 bridgehead atoms. The smallest absolute Gasteiger partial charge is 0.331 e. The van der Waals surface area contributed by atoms with E-state index in [9.17, 15) is 50.8 Å². The number of hydrogen-bond acceptors (Lipinski definition) is 25. The maximum Gasteiger partial charge on any atom is 0.331 e. The van der Waals surface area contributed by atoms with Crippen molar-refractivity contribution in [1.29, 1.82) is 0 Å². The van der Waals surface area contributed by atoms with Crippen LogP contribution in [0.4, 0.5) is 0 Å². The average Bonchev–Trinajstić information content (AvgIpc) is 1.61. The lowest BCUT2D eigenvalue weighted by Gasteiger charge is -2.67. The molecule has 5 saturated heterocycles. The molecule has 9 N–H and O–H groups in total. The van der Waals surface area contributed by atoms with Crippen molar-refractivity contribution in [1.82, 2.24) is 0 Å². The fourth-order valence-corrected chi connectivity index (χ4v) is 16.7. The van der Waals surface area contributed by atoms with Crippen LogP contribution in [-0.2, 0) is 75.8 Å². The lowest BCUT2D eigenvalue weighted by atomic mass is 9.42. The highest BCUT2D eigenvalue weighted by atomic mass is 16.8. The second-order valence-electron chi connectivity index (χ2n) is 26.7. The number of methoxy groups -OCH3 is 4. The molecule has 8 fully saturated rings.